The van der Waals surface area contributed by atoms with E-state index < -0.39 is 0 Å². The first-order valence-corrected chi connectivity index (χ1v) is 7.62. The van der Waals surface area contributed by atoms with Crippen molar-refractivity contribution in [2.45, 2.75) is 13.3 Å². The molecule has 0 unspecified atom stereocenters. The van der Waals surface area contributed by atoms with E-state index in [0.29, 0.717) is 39.9 Å². The van der Waals surface area contributed by atoms with E-state index in [0.717, 1.165) is 0 Å². The summed E-state index contributed by atoms with van der Waals surface area (Å²) in [5, 5.41) is 3.43. The summed E-state index contributed by atoms with van der Waals surface area (Å²) in [6.45, 7) is 1.96. The van der Waals surface area contributed by atoms with Crippen molar-refractivity contribution in [1.29, 1.82) is 0 Å². The molecule has 0 saturated heterocycles. The zero-order valence-electron chi connectivity index (χ0n) is 12.8. The Morgan fingerprint density at radius 2 is 2.17 bits per heavy atom. The minimum absolute atomic E-state index is 0.232. The Kier molecular flexibility index (Phi) is 4.21. The van der Waals surface area contributed by atoms with Gasteiger partial charge in [0, 0.05) is 16.9 Å². The lowest BCUT2D eigenvalue weighted by atomic mass is 10.2. The molecule has 0 saturated carbocycles. The highest BCUT2D eigenvalue weighted by atomic mass is 35.5. The van der Waals surface area contributed by atoms with E-state index >= 15 is 0 Å². The number of pyridine rings is 1. The molecule has 23 heavy (non-hydrogen) atoms. The fourth-order valence-electron chi connectivity index (χ4n) is 2.49. The molecule has 0 aliphatic carbocycles. The molecule has 1 aromatic carbocycles. The maximum absolute atomic E-state index is 12.7. The minimum Gasteiger partial charge on any atom is -0.493 e. The molecule has 0 atom stereocenters. The van der Waals surface area contributed by atoms with Crippen LogP contribution in [0.25, 0.3) is 5.65 Å². The number of aromatic nitrogens is 2. The fourth-order valence-corrected chi connectivity index (χ4v) is 2.68. The monoisotopic (exact) mass is 329 g/mol. The molecule has 0 radical (unpaired) electrons. The number of rotatable bonds is 4. The van der Waals surface area contributed by atoms with E-state index in [2.05, 4.69) is 10.3 Å². The van der Waals surface area contributed by atoms with E-state index in [4.69, 9.17) is 16.3 Å². The molecule has 0 fully saturated rings. The second-order valence-corrected chi connectivity index (χ2v) is 5.43. The highest BCUT2D eigenvalue weighted by Crippen LogP contribution is 2.23. The third-order valence-electron chi connectivity index (χ3n) is 3.54. The van der Waals surface area contributed by atoms with E-state index in [-0.39, 0.29) is 5.91 Å². The average molecular weight is 330 g/mol. The quantitative estimate of drug-likeness (QED) is 0.791. The van der Waals surface area contributed by atoms with Crippen LogP contribution in [0.15, 0.2) is 42.6 Å². The van der Waals surface area contributed by atoms with Gasteiger partial charge in [0.2, 0.25) is 0 Å². The second kappa shape index (κ2) is 6.30. The van der Waals surface area contributed by atoms with Gasteiger partial charge in [-0.3, -0.25) is 9.20 Å². The van der Waals surface area contributed by atoms with Gasteiger partial charge in [-0.25, -0.2) is 4.98 Å². The second-order valence-electron chi connectivity index (χ2n) is 5.00. The predicted molar refractivity (Wildman–Crippen MR) is 90.5 cm³/mol. The van der Waals surface area contributed by atoms with Crippen molar-refractivity contribution in [2.24, 2.45) is 0 Å². The number of aryl methyl sites for hydroxylation is 1. The molecule has 1 N–H and O–H groups in total. The van der Waals surface area contributed by atoms with E-state index in [1.807, 2.05) is 19.1 Å². The smallest absolute Gasteiger partial charge is 0.274 e. The molecule has 3 rings (SSSR count). The van der Waals surface area contributed by atoms with Crippen LogP contribution in [0.1, 0.15) is 23.1 Å². The Balaban J connectivity index is 2.06. The Hall–Kier alpha value is -2.53. The number of benzene rings is 1. The number of nitrogens with one attached hydrogen (secondary N) is 1. The molecule has 2 heterocycles. The van der Waals surface area contributed by atoms with Crippen molar-refractivity contribution in [3.05, 3.63) is 59.0 Å². The number of carbonyl (C=O) groups excluding carboxylic acids is 1. The molecule has 3 aromatic rings. The van der Waals surface area contributed by atoms with Gasteiger partial charge in [-0.05, 0) is 36.8 Å². The number of anilines is 1. The normalized spacial score (nSPS) is 10.7. The van der Waals surface area contributed by atoms with Crippen LogP contribution in [0, 0.1) is 0 Å². The molecule has 6 heteroatoms. The van der Waals surface area contributed by atoms with E-state index in [9.17, 15) is 4.79 Å². The molecule has 0 bridgehead atoms. The van der Waals surface area contributed by atoms with Crippen LogP contribution in [0.5, 0.6) is 5.75 Å². The summed E-state index contributed by atoms with van der Waals surface area (Å²) in [4.78, 5) is 17.3. The predicted octanol–water partition coefficient (Wildman–Crippen LogP) is 3.81. The topological polar surface area (TPSA) is 55.6 Å². The lowest BCUT2D eigenvalue weighted by molar-refractivity contribution is 0.102. The lowest BCUT2D eigenvalue weighted by Gasteiger charge is -2.07. The van der Waals surface area contributed by atoms with Gasteiger partial charge in [0.15, 0.2) is 11.4 Å². The molecular formula is C17H16ClN3O2. The van der Waals surface area contributed by atoms with Crippen molar-refractivity contribution in [3.63, 3.8) is 0 Å². The number of methoxy groups -OCH3 is 1. The highest BCUT2D eigenvalue weighted by molar-refractivity contribution is 6.30. The number of ether oxygens (including phenoxy) is 1. The van der Waals surface area contributed by atoms with Crippen molar-refractivity contribution < 1.29 is 9.53 Å². The van der Waals surface area contributed by atoms with Crippen LogP contribution in [-0.4, -0.2) is 22.4 Å². The molecule has 118 valence electrons. The van der Waals surface area contributed by atoms with Gasteiger partial charge in [-0.2, -0.15) is 0 Å². The highest BCUT2D eigenvalue weighted by Gasteiger charge is 2.20. The molecule has 1 amide bonds. The van der Waals surface area contributed by atoms with Crippen LogP contribution in [-0.2, 0) is 6.42 Å². The van der Waals surface area contributed by atoms with Crippen LogP contribution < -0.4 is 10.1 Å². The zero-order valence-corrected chi connectivity index (χ0v) is 13.6. The minimum atomic E-state index is -0.232. The maximum atomic E-state index is 12.7. The first-order valence-electron chi connectivity index (χ1n) is 7.25. The number of halogens is 1. The summed E-state index contributed by atoms with van der Waals surface area (Å²) in [6, 6.07) is 10.7. The van der Waals surface area contributed by atoms with E-state index in [1.54, 1.807) is 42.0 Å². The number of amides is 1. The van der Waals surface area contributed by atoms with Gasteiger partial charge in [0.1, 0.15) is 5.69 Å². The van der Waals surface area contributed by atoms with Gasteiger partial charge >= 0.3 is 0 Å². The summed E-state index contributed by atoms with van der Waals surface area (Å²) in [5.74, 6) is 0.397. The van der Waals surface area contributed by atoms with Crippen molar-refractivity contribution >= 4 is 28.8 Å². The van der Waals surface area contributed by atoms with Crippen LogP contribution in [0.2, 0.25) is 5.02 Å². The number of fused-ring (bicyclic) bond motifs is 1. The number of hydrogen-bond acceptors (Lipinski definition) is 3. The SMILES string of the molecule is CCc1nc2c(OC)cccn2c1C(=O)Nc1cccc(Cl)c1. The third-order valence-corrected chi connectivity index (χ3v) is 3.77. The van der Waals surface area contributed by atoms with Gasteiger partial charge in [0.05, 0.1) is 12.8 Å². The van der Waals surface area contributed by atoms with Gasteiger partial charge in [-0.1, -0.05) is 24.6 Å². The summed E-state index contributed by atoms with van der Waals surface area (Å²) in [7, 11) is 1.58. The number of hydrogen-bond donors (Lipinski definition) is 1. The first kappa shape index (κ1) is 15.4. The first-order chi connectivity index (χ1) is 11.1. The summed E-state index contributed by atoms with van der Waals surface area (Å²) in [6.07, 6.45) is 2.44. The van der Waals surface area contributed by atoms with Gasteiger partial charge in [0.25, 0.3) is 5.91 Å². The fraction of sp³-hybridized carbons (Fsp3) is 0.176. The average Bonchev–Trinajstić information content (AvgIpc) is 2.93. The van der Waals surface area contributed by atoms with Crippen LogP contribution in [0.3, 0.4) is 0 Å². The van der Waals surface area contributed by atoms with Crippen LogP contribution in [0.4, 0.5) is 5.69 Å². The lowest BCUT2D eigenvalue weighted by Crippen LogP contribution is -2.16. The molecule has 2 aromatic heterocycles. The Labute approximate surface area is 138 Å². The largest absolute Gasteiger partial charge is 0.493 e. The standard InChI is InChI=1S/C17H16ClN3O2/c1-3-13-15(17(22)19-12-7-4-6-11(18)10-12)21-9-5-8-14(23-2)16(21)20-13/h4-10H,3H2,1-2H3,(H,19,22). The Morgan fingerprint density at radius 1 is 1.35 bits per heavy atom. The Morgan fingerprint density at radius 3 is 2.87 bits per heavy atom. The van der Waals surface area contributed by atoms with Crippen molar-refractivity contribution in [2.75, 3.05) is 12.4 Å². The molecular weight excluding hydrogens is 314 g/mol. The summed E-state index contributed by atoms with van der Waals surface area (Å²) in [5.41, 5.74) is 2.49. The number of carbonyl (C=O) groups is 1. The zero-order chi connectivity index (χ0) is 16.4. The third kappa shape index (κ3) is 2.87. The number of imidazole rings is 1. The number of nitrogens with zero attached hydrogens (tertiary/aromatic N) is 2. The maximum Gasteiger partial charge on any atom is 0.274 e. The van der Waals surface area contributed by atoms with E-state index in [1.165, 1.54) is 0 Å². The summed E-state index contributed by atoms with van der Waals surface area (Å²) < 4.78 is 7.07. The molecule has 0 aliphatic heterocycles. The van der Waals surface area contributed by atoms with Crippen molar-refractivity contribution in [3.8, 4) is 5.75 Å². The molecule has 0 aliphatic rings. The van der Waals surface area contributed by atoms with Gasteiger partial charge in [-0.15, -0.1) is 0 Å². The molecule has 5 nitrogen and oxygen atoms in total. The van der Waals surface area contributed by atoms with Crippen LogP contribution >= 0.6 is 11.6 Å². The van der Waals surface area contributed by atoms with Crippen molar-refractivity contribution in [1.82, 2.24) is 9.38 Å². The molecule has 0 spiro atoms. The van der Waals surface area contributed by atoms with Gasteiger partial charge < -0.3 is 10.1 Å². The Bertz CT molecular complexity index is 873. The summed E-state index contributed by atoms with van der Waals surface area (Å²) >= 11 is 5.96.